The van der Waals surface area contributed by atoms with Gasteiger partial charge in [0.25, 0.3) is 5.56 Å². The maximum Gasteiger partial charge on any atom is 0.259 e. The molecule has 2 aliphatic heterocycles. The van der Waals surface area contributed by atoms with Gasteiger partial charge in [0.05, 0.1) is 5.39 Å². The molecule has 3 aromatic rings. The van der Waals surface area contributed by atoms with Crippen molar-refractivity contribution in [3.05, 3.63) is 38.3 Å². The van der Waals surface area contributed by atoms with Gasteiger partial charge in [0.1, 0.15) is 22.3 Å². The van der Waals surface area contributed by atoms with Crippen molar-refractivity contribution in [3.8, 4) is 0 Å². The monoisotopic (exact) mass is 480 g/mol. The van der Waals surface area contributed by atoms with Crippen molar-refractivity contribution < 1.29 is 4.79 Å². The lowest BCUT2D eigenvalue weighted by Crippen LogP contribution is -2.40. The quantitative estimate of drug-likeness (QED) is 0.616. The van der Waals surface area contributed by atoms with Crippen molar-refractivity contribution in [2.24, 2.45) is 0 Å². The molecule has 1 saturated heterocycles. The van der Waals surface area contributed by atoms with Crippen molar-refractivity contribution in [2.75, 3.05) is 13.1 Å². The van der Waals surface area contributed by atoms with Crippen molar-refractivity contribution >= 4 is 27.5 Å². The van der Waals surface area contributed by atoms with Gasteiger partial charge >= 0.3 is 0 Å². The summed E-state index contributed by atoms with van der Waals surface area (Å²) in [6.07, 6.45) is 11.8. The predicted molar refractivity (Wildman–Crippen MR) is 131 cm³/mol. The molecule has 1 N–H and O–H groups in total. The second-order valence-corrected chi connectivity index (χ2v) is 11.1. The molecular formula is C25H32N6O2S. The largest absolute Gasteiger partial charge is 0.342 e. The lowest BCUT2D eigenvalue weighted by molar-refractivity contribution is -0.132. The molecule has 3 aromatic heterocycles. The Kier molecular flexibility index (Phi) is 5.97. The molecule has 9 heteroatoms. The van der Waals surface area contributed by atoms with Gasteiger partial charge in [-0.1, -0.05) is 6.42 Å². The normalized spacial score (nSPS) is 20.7. The van der Waals surface area contributed by atoms with Crippen LogP contribution in [0.15, 0.2) is 4.79 Å². The molecule has 1 unspecified atom stereocenters. The third-order valence-corrected chi connectivity index (χ3v) is 8.91. The number of amides is 1. The molecule has 0 aromatic carbocycles. The van der Waals surface area contributed by atoms with E-state index in [2.05, 4.69) is 19.7 Å². The van der Waals surface area contributed by atoms with Crippen LogP contribution in [0.5, 0.6) is 0 Å². The summed E-state index contributed by atoms with van der Waals surface area (Å²) in [5, 5.41) is 9.79. The van der Waals surface area contributed by atoms with E-state index in [0.717, 1.165) is 73.5 Å². The van der Waals surface area contributed by atoms with Crippen LogP contribution < -0.4 is 5.56 Å². The molecule has 34 heavy (non-hydrogen) atoms. The van der Waals surface area contributed by atoms with Crippen LogP contribution in [0.3, 0.4) is 0 Å². The number of aromatic nitrogens is 5. The minimum Gasteiger partial charge on any atom is -0.342 e. The zero-order chi connectivity index (χ0) is 23.1. The average Bonchev–Trinajstić information content (AvgIpc) is 3.36. The number of nitrogens with zero attached hydrogens (tertiary/aromatic N) is 5. The molecule has 6 rings (SSSR count). The van der Waals surface area contributed by atoms with E-state index in [1.807, 2.05) is 4.90 Å². The lowest BCUT2D eigenvalue weighted by atomic mass is 9.96. The highest BCUT2D eigenvalue weighted by Gasteiger charge is 2.29. The molecule has 8 nitrogen and oxygen atoms in total. The van der Waals surface area contributed by atoms with Crippen LogP contribution in [0.4, 0.5) is 0 Å². The second-order valence-electron chi connectivity index (χ2n) is 10.0. The van der Waals surface area contributed by atoms with Crippen molar-refractivity contribution in [1.82, 2.24) is 29.6 Å². The van der Waals surface area contributed by atoms with E-state index in [0.29, 0.717) is 25.2 Å². The van der Waals surface area contributed by atoms with E-state index in [1.165, 1.54) is 36.1 Å². The van der Waals surface area contributed by atoms with E-state index in [9.17, 15) is 9.59 Å². The third kappa shape index (κ3) is 4.08. The number of fused-ring (bicyclic) bond motifs is 4. The fourth-order valence-corrected chi connectivity index (χ4v) is 7.22. The highest BCUT2D eigenvalue weighted by atomic mass is 32.1. The number of piperidine rings is 1. The number of aryl methyl sites for hydroxylation is 4. The number of H-pyrrole nitrogens is 1. The van der Waals surface area contributed by atoms with Crippen LogP contribution in [-0.2, 0) is 37.0 Å². The Balaban J connectivity index is 1.13. The number of aromatic amines is 1. The first-order valence-electron chi connectivity index (χ1n) is 12.9. The number of carbonyl (C=O) groups excluding carboxylic acids is 1. The van der Waals surface area contributed by atoms with Gasteiger partial charge < -0.3 is 14.5 Å². The molecular weight excluding hydrogens is 448 g/mol. The van der Waals surface area contributed by atoms with Gasteiger partial charge in [-0.3, -0.25) is 9.59 Å². The van der Waals surface area contributed by atoms with E-state index in [-0.39, 0.29) is 17.4 Å². The Hall–Kier alpha value is -2.55. The number of nitrogens with one attached hydrogen (secondary N) is 1. The van der Waals surface area contributed by atoms with Gasteiger partial charge in [0.15, 0.2) is 0 Å². The Morgan fingerprint density at radius 3 is 2.85 bits per heavy atom. The SMILES string of the molecule is O=C(CCc1nc2sc3c(c2c(=O)[nH]1)CCCC3)N1CCCC(c2nnc3n2CCCCC3)C1. The van der Waals surface area contributed by atoms with Gasteiger partial charge in [-0.05, 0) is 56.9 Å². The summed E-state index contributed by atoms with van der Waals surface area (Å²) >= 11 is 1.66. The Morgan fingerprint density at radius 2 is 1.91 bits per heavy atom. The van der Waals surface area contributed by atoms with Gasteiger partial charge in [0, 0.05) is 49.7 Å². The minimum atomic E-state index is -0.0441. The number of carbonyl (C=O) groups is 1. The van der Waals surface area contributed by atoms with Crippen LogP contribution in [0.2, 0.25) is 0 Å². The van der Waals surface area contributed by atoms with E-state index >= 15 is 0 Å². The molecule has 1 fully saturated rings. The highest BCUT2D eigenvalue weighted by molar-refractivity contribution is 7.18. The third-order valence-electron chi connectivity index (χ3n) is 7.73. The van der Waals surface area contributed by atoms with Gasteiger partial charge in [-0.15, -0.1) is 21.5 Å². The minimum absolute atomic E-state index is 0.0441. The summed E-state index contributed by atoms with van der Waals surface area (Å²) < 4.78 is 2.32. The van der Waals surface area contributed by atoms with Gasteiger partial charge in [-0.2, -0.15) is 0 Å². The standard InChI is InChI=1S/C25H32N6O2S/c32-21(12-11-19-26-24(33)22-17-8-3-4-9-18(17)34-25(22)27-19)30-13-6-7-16(15-30)23-29-28-20-10-2-1-5-14-31(20)23/h16H,1-15H2,(H,26,27,33). The van der Waals surface area contributed by atoms with E-state index in [1.54, 1.807) is 11.3 Å². The van der Waals surface area contributed by atoms with Gasteiger partial charge in [0.2, 0.25) is 5.91 Å². The lowest BCUT2D eigenvalue weighted by Gasteiger charge is -2.32. The number of hydrogen-bond acceptors (Lipinski definition) is 6. The van der Waals surface area contributed by atoms with Gasteiger partial charge in [-0.25, -0.2) is 4.98 Å². The molecule has 0 bridgehead atoms. The van der Waals surface area contributed by atoms with Crippen molar-refractivity contribution in [1.29, 1.82) is 0 Å². The highest BCUT2D eigenvalue weighted by Crippen LogP contribution is 2.33. The van der Waals surface area contributed by atoms with E-state index in [4.69, 9.17) is 4.98 Å². The summed E-state index contributed by atoms with van der Waals surface area (Å²) in [4.78, 5) is 37.7. The Bertz CT molecular complexity index is 1270. The van der Waals surface area contributed by atoms with Crippen LogP contribution in [0.1, 0.15) is 85.2 Å². The fourth-order valence-electron chi connectivity index (χ4n) is 5.93. The summed E-state index contributed by atoms with van der Waals surface area (Å²) in [5.41, 5.74) is 1.16. The van der Waals surface area contributed by atoms with Crippen LogP contribution >= 0.6 is 11.3 Å². The Morgan fingerprint density at radius 1 is 1.03 bits per heavy atom. The molecule has 0 spiro atoms. The first-order valence-corrected chi connectivity index (χ1v) is 13.7. The summed E-state index contributed by atoms with van der Waals surface area (Å²) in [6, 6.07) is 0. The van der Waals surface area contributed by atoms with Crippen LogP contribution in [0.25, 0.3) is 10.2 Å². The zero-order valence-electron chi connectivity index (χ0n) is 19.6. The summed E-state index contributed by atoms with van der Waals surface area (Å²) in [5.74, 6) is 3.18. The molecule has 180 valence electrons. The molecule has 1 amide bonds. The fraction of sp³-hybridized carbons (Fsp3) is 0.640. The van der Waals surface area contributed by atoms with Crippen LogP contribution in [-0.4, -0.2) is 48.6 Å². The topological polar surface area (TPSA) is 96.8 Å². The average molecular weight is 481 g/mol. The molecule has 3 aliphatic rings. The van der Waals surface area contributed by atoms with Crippen molar-refractivity contribution in [3.63, 3.8) is 0 Å². The zero-order valence-corrected chi connectivity index (χ0v) is 20.5. The first-order chi connectivity index (χ1) is 16.7. The second kappa shape index (κ2) is 9.24. The number of likely N-dealkylation sites (tertiary alicyclic amines) is 1. The molecule has 0 saturated carbocycles. The van der Waals surface area contributed by atoms with E-state index < -0.39 is 0 Å². The summed E-state index contributed by atoms with van der Waals surface area (Å²) in [7, 11) is 0. The summed E-state index contributed by atoms with van der Waals surface area (Å²) in [6.45, 7) is 2.49. The molecule has 1 aliphatic carbocycles. The number of rotatable bonds is 4. The maximum absolute atomic E-state index is 13.1. The maximum atomic E-state index is 13.1. The smallest absolute Gasteiger partial charge is 0.259 e. The number of thiophene rings is 1. The Labute approximate surface area is 202 Å². The van der Waals surface area contributed by atoms with Crippen molar-refractivity contribution in [2.45, 2.75) is 89.5 Å². The molecule has 5 heterocycles. The molecule has 0 radical (unpaired) electrons. The molecule has 1 atom stereocenters. The first kappa shape index (κ1) is 21.9. The number of hydrogen-bond donors (Lipinski definition) is 1. The van der Waals surface area contributed by atoms with Crippen LogP contribution in [0, 0.1) is 0 Å². The predicted octanol–water partition coefficient (Wildman–Crippen LogP) is 3.52.